The maximum absolute atomic E-state index is 12.7. The topological polar surface area (TPSA) is 58.3 Å². The Kier molecular flexibility index (Phi) is 4.77. The average Bonchev–Trinajstić information content (AvgIpc) is 3.04. The van der Waals surface area contributed by atoms with Crippen LogP contribution in [-0.4, -0.2) is 42.3 Å². The van der Waals surface area contributed by atoms with Gasteiger partial charge in [0.15, 0.2) is 0 Å². The van der Waals surface area contributed by atoms with E-state index in [-0.39, 0.29) is 10.9 Å². The van der Waals surface area contributed by atoms with Crippen molar-refractivity contribution < 1.29 is 17.7 Å². The fraction of sp³-hybridized carbons (Fsp3) is 0.533. The minimum absolute atomic E-state index is 0.0184. The molecule has 3 heterocycles. The second-order valence-corrected chi connectivity index (χ2v) is 6.55. The van der Waals surface area contributed by atoms with Crippen LogP contribution in [0.25, 0.3) is 0 Å². The number of piperidine rings is 1. The molecule has 0 amide bonds. The third-order valence-electron chi connectivity index (χ3n) is 4.05. The minimum atomic E-state index is -4.47. The van der Waals surface area contributed by atoms with Crippen LogP contribution in [0.3, 0.4) is 0 Å². The van der Waals surface area contributed by atoms with Crippen LogP contribution in [0.1, 0.15) is 30.2 Å². The summed E-state index contributed by atoms with van der Waals surface area (Å²) in [5.41, 5.74) is -0.859. The number of rotatable bonds is 3. The van der Waals surface area contributed by atoms with Crippen LogP contribution in [-0.2, 0) is 6.18 Å². The Balaban J connectivity index is 1.79. The normalized spacial score (nSPS) is 18.5. The summed E-state index contributed by atoms with van der Waals surface area (Å²) in [4.78, 5) is 11.9. The number of halogens is 4. The lowest BCUT2D eigenvalue weighted by molar-refractivity contribution is -0.137. The van der Waals surface area contributed by atoms with Crippen molar-refractivity contribution in [3.8, 4) is 0 Å². The van der Waals surface area contributed by atoms with Gasteiger partial charge < -0.3 is 14.3 Å². The third kappa shape index (κ3) is 3.81. The van der Waals surface area contributed by atoms with E-state index in [4.69, 9.17) is 16.1 Å². The fourth-order valence-corrected chi connectivity index (χ4v) is 3.05. The van der Waals surface area contributed by atoms with Crippen molar-refractivity contribution in [3.05, 3.63) is 28.7 Å². The maximum Gasteiger partial charge on any atom is 0.417 e. The van der Waals surface area contributed by atoms with Crippen LogP contribution < -0.4 is 9.80 Å². The fourth-order valence-electron chi connectivity index (χ4n) is 2.76. The molecule has 1 saturated heterocycles. The van der Waals surface area contributed by atoms with Crippen molar-refractivity contribution in [1.82, 2.24) is 15.1 Å². The molecule has 1 aliphatic heterocycles. The lowest BCUT2D eigenvalue weighted by atomic mass is 9.98. The van der Waals surface area contributed by atoms with E-state index >= 15 is 0 Å². The highest BCUT2D eigenvalue weighted by Crippen LogP contribution is 2.36. The maximum atomic E-state index is 12.7. The van der Waals surface area contributed by atoms with E-state index in [0.29, 0.717) is 30.7 Å². The van der Waals surface area contributed by atoms with E-state index in [2.05, 4.69) is 15.1 Å². The molecular weight excluding hydrogens is 359 g/mol. The van der Waals surface area contributed by atoms with Gasteiger partial charge >= 0.3 is 6.18 Å². The summed E-state index contributed by atoms with van der Waals surface area (Å²) < 4.78 is 43.6. The smallest absolute Gasteiger partial charge is 0.355 e. The zero-order valence-electron chi connectivity index (χ0n) is 13.7. The lowest BCUT2D eigenvalue weighted by Crippen LogP contribution is -2.35. The summed E-state index contributed by atoms with van der Waals surface area (Å²) in [6.45, 7) is 1.16. The molecule has 1 fully saturated rings. The Labute approximate surface area is 147 Å². The van der Waals surface area contributed by atoms with Crippen molar-refractivity contribution in [2.45, 2.75) is 24.9 Å². The molecule has 3 rings (SSSR count). The number of nitrogens with zero attached hydrogens (tertiary/aromatic N) is 5. The number of hydrogen-bond acceptors (Lipinski definition) is 6. The molecule has 25 heavy (non-hydrogen) atoms. The monoisotopic (exact) mass is 375 g/mol. The molecule has 0 spiro atoms. The molecule has 0 aromatic carbocycles. The van der Waals surface area contributed by atoms with Crippen LogP contribution in [0.5, 0.6) is 0 Å². The van der Waals surface area contributed by atoms with Gasteiger partial charge in [-0.1, -0.05) is 11.6 Å². The van der Waals surface area contributed by atoms with E-state index in [1.807, 2.05) is 19.0 Å². The zero-order chi connectivity index (χ0) is 18.2. The standard InChI is InChI=1S/C15H17ClF3N5O/c1-23(2)14-21-13(25-22-14)9-4-3-5-24(8-9)12-11(16)6-10(7-20-12)15(17,18)19/h6-7,9H,3-5,8H2,1-2H3. The Morgan fingerprint density at radius 2 is 2.12 bits per heavy atom. The highest BCUT2D eigenvalue weighted by atomic mass is 35.5. The SMILES string of the molecule is CN(C)c1noc(C2CCCN(c3ncc(C(F)(F)F)cc3Cl)C2)n1. The Morgan fingerprint density at radius 3 is 2.72 bits per heavy atom. The number of anilines is 2. The molecular formula is C15H17ClF3N5O. The average molecular weight is 376 g/mol. The summed E-state index contributed by atoms with van der Waals surface area (Å²) in [5, 5.41) is 3.88. The van der Waals surface area contributed by atoms with Gasteiger partial charge in [-0.3, -0.25) is 0 Å². The van der Waals surface area contributed by atoms with Gasteiger partial charge in [-0.25, -0.2) is 4.98 Å². The van der Waals surface area contributed by atoms with E-state index in [9.17, 15) is 13.2 Å². The molecule has 1 atom stereocenters. The van der Waals surface area contributed by atoms with Crippen LogP contribution in [0.15, 0.2) is 16.8 Å². The van der Waals surface area contributed by atoms with E-state index in [1.54, 1.807) is 4.90 Å². The van der Waals surface area contributed by atoms with Crippen molar-refractivity contribution >= 4 is 23.4 Å². The molecule has 1 unspecified atom stereocenters. The summed E-state index contributed by atoms with van der Waals surface area (Å²) in [7, 11) is 3.63. The number of aromatic nitrogens is 3. The molecule has 0 N–H and O–H groups in total. The summed E-state index contributed by atoms with van der Waals surface area (Å²) in [5.74, 6) is 1.32. The second kappa shape index (κ2) is 6.70. The second-order valence-electron chi connectivity index (χ2n) is 6.14. The largest absolute Gasteiger partial charge is 0.417 e. The Morgan fingerprint density at radius 1 is 1.36 bits per heavy atom. The summed E-state index contributed by atoms with van der Waals surface area (Å²) in [6.07, 6.45) is -1.99. The Hall–Kier alpha value is -2.03. The van der Waals surface area contributed by atoms with E-state index in [1.165, 1.54) is 0 Å². The molecule has 0 bridgehead atoms. The lowest BCUT2D eigenvalue weighted by Gasteiger charge is -2.32. The molecule has 2 aromatic heterocycles. The predicted octanol–water partition coefficient (Wildman–Crippen LogP) is 3.59. The van der Waals surface area contributed by atoms with E-state index in [0.717, 1.165) is 25.1 Å². The van der Waals surface area contributed by atoms with Crippen LogP contribution in [0.2, 0.25) is 5.02 Å². The number of pyridine rings is 1. The van der Waals surface area contributed by atoms with Crippen LogP contribution >= 0.6 is 11.6 Å². The van der Waals surface area contributed by atoms with Crippen LogP contribution in [0, 0.1) is 0 Å². The van der Waals surface area contributed by atoms with Crippen molar-refractivity contribution in [3.63, 3.8) is 0 Å². The van der Waals surface area contributed by atoms with Crippen molar-refractivity contribution in [2.24, 2.45) is 0 Å². The minimum Gasteiger partial charge on any atom is -0.355 e. The van der Waals surface area contributed by atoms with Crippen LogP contribution in [0.4, 0.5) is 24.9 Å². The summed E-state index contributed by atoms with van der Waals surface area (Å²) >= 11 is 6.05. The molecule has 10 heteroatoms. The molecule has 0 saturated carbocycles. The first kappa shape index (κ1) is 17.8. The van der Waals surface area contributed by atoms with Gasteiger partial charge in [-0.15, -0.1) is 0 Å². The van der Waals surface area contributed by atoms with E-state index < -0.39 is 11.7 Å². The van der Waals surface area contributed by atoms with Gasteiger partial charge in [-0.2, -0.15) is 18.2 Å². The van der Waals surface area contributed by atoms with Gasteiger partial charge in [0.2, 0.25) is 5.89 Å². The number of hydrogen-bond donors (Lipinski definition) is 0. The Bertz CT molecular complexity index is 749. The van der Waals surface area contributed by atoms with Gasteiger partial charge in [-0.05, 0) is 24.1 Å². The predicted molar refractivity (Wildman–Crippen MR) is 87.1 cm³/mol. The molecule has 0 aliphatic carbocycles. The molecule has 136 valence electrons. The highest BCUT2D eigenvalue weighted by Gasteiger charge is 2.33. The zero-order valence-corrected chi connectivity index (χ0v) is 14.5. The highest BCUT2D eigenvalue weighted by molar-refractivity contribution is 6.33. The van der Waals surface area contributed by atoms with Gasteiger partial charge in [0.05, 0.1) is 16.5 Å². The first-order chi connectivity index (χ1) is 11.8. The molecule has 1 aliphatic rings. The first-order valence-electron chi connectivity index (χ1n) is 7.74. The van der Waals surface area contributed by atoms with Gasteiger partial charge in [0, 0.05) is 33.4 Å². The quantitative estimate of drug-likeness (QED) is 0.817. The van der Waals surface area contributed by atoms with Gasteiger partial charge in [0.25, 0.3) is 5.95 Å². The molecule has 6 nitrogen and oxygen atoms in total. The third-order valence-corrected chi connectivity index (χ3v) is 4.33. The summed E-state index contributed by atoms with van der Waals surface area (Å²) in [6, 6.07) is 0.907. The molecule has 0 radical (unpaired) electrons. The molecule has 2 aromatic rings. The van der Waals surface area contributed by atoms with Gasteiger partial charge in [0.1, 0.15) is 5.82 Å². The van der Waals surface area contributed by atoms with Crippen molar-refractivity contribution in [2.75, 3.05) is 37.0 Å². The number of alkyl halides is 3. The first-order valence-corrected chi connectivity index (χ1v) is 8.12. The van der Waals surface area contributed by atoms with Crippen molar-refractivity contribution in [1.29, 1.82) is 0 Å².